The van der Waals surface area contributed by atoms with Gasteiger partial charge in [-0.1, -0.05) is 41.9 Å². The molecular formula is C16H18ClNO3S. The minimum atomic E-state index is -3.44. The summed E-state index contributed by atoms with van der Waals surface area (Å²) in [7, 11) is -1.92. The molecule has 0 fully saturated rings. The lowest BCUT2D eigenvalue weighted by atomic mass is 10.2. The zero-order valence-corrected chi connectivity index (χ0v) is 14.0. The van der Waals surface area contributed by atoms with E-state index in [1.54, 1.807) is 19.1 Å². The first-order valence-corrected chi connectivity index (χ1v) is 8.83. The maximum Gasteiger partial charge on any atom is 0.233 e. The topological polar surface area (TPSA) is 55.4 Å². The summed E-state index contributed by atoms with van der Waals surface area (Å²) in [5.74, 6) is 0.534. The molecule has 4 nitrogen and oxygen atoms in total. The summed E-state index contributed by atoms with van der Waals surface area (Å²) >= 11 is 6.04. The SMILES string of the molecule is COc1cc(C)c(NS(=O)(=O)CCc2ccccc2)cc1Cl. The lowest BCUT2D eigenvalue weighted by Crippen LogP contribution is -2.18. The molecule has 1 N–H and O–H groups in total. The molecular weight excluding hydrogens is 322 g/mol. The standard InChI is InChI=1S/C16H18ClNO3S/c1-12-10-16(21-2)14(17)11-15(12)18-22(19,20)9-8-13-6-4-3-5-7-13/h3-7,10-11,18H,8-9H2,1-2H3. The fourth-order valence-corrected chi connectivity index (χ4v) is 3.44. The smallest absolute Gasteiger partial charge is 0.233 e. The van der Waals surface area contributed by atoms with Gasteiger partial charge in [0.05, 0.1) is 23.6 Å². The van der Waals surface area contributed by atoms with Crippen molar-refractivity contribution in [2.24, 2.45) is 0 Å². The van der Waals surface area contributed by atoms with E-state index in [4.69, 9.17) is 16.3 Å². The van der Waals surface area contributed by atoms with Crippen molar-refractivity contribution in [3.63, 3.8) is 0 Å². The van der Waals surface area contributed by atoms with Gasteiger partial charge in [0.25, 0.3) is 0 Å². The Labute approximate surface area is 136 Å². The molecule has 0 spiro atoms. The molecule has 0 saturated heterocycles. The Balaban J connectivity index is 2.10. The highest BCUT2D eigenvalue weighted by molar-refractivity contribution is 7.92. The predicted octanol–water partition coefficient (Wildman–Crippen LogP) is 3.64. The normalized spacial score (nSPS) is 11.2. The van der Waals surface area contributed by atoms with Crippen molar-refractivity contribution in [1.82, 2.24) is 0 Å². The number of nitrogens with one attached hydrogen (secondary N) is 1. The van der Waals surface area contributed by atoms with Crippen LogP contribution >= 0.6 is 11.6 Å². The molecule has 0 aliphatic rings. The second-order valence-electron chi connectivity index (χ2n) is 4.96. The number of ether oxygens (including phenoxy) is 1. The largest absolute Gasteiger partial charge is 0.495 e. The fourth-order valence-electron chi connectivity index (χ4n) is 2.04. The second kappa shape index (κ2) is 7.03. The summed E-state index contributed by atoms with van der Waals surface area (Å²) in [6.45, 7) is 1.80. The summed E-state index contributed by atoms with van der Waals surface area (Å²) in [5, 5.41) is 0.369. The summed E-state index contributed by atoms with van der Waals surface area (Å²) in [6.07, 6.45) is 0.457. The molecule has 2 aromatic carbocycles. The molecule has 0 aliphatic heterocycles. The van der Waals surface area contributed by atoms with Crippen LogP contribution in [0.5, 0.6) is 5.75 Å². The molecule has 0 saturated carbocycles. The van der Waals surface area contributed by atoms with E-state index < -0.39 is 10.0 Å². The third-order valence-electron chi connectivity index (χ3n) is 3.27. The number of methoxy groups -OCH3 is 1. The van der Waals surface area contributed by atoms with Crippen LogP contribution in [0.1, 0.15) is 11.1 Å². The number of hydrogen-bond acceptors (Lipinski definition) is 3. The molecule has 0 amide bonds. The third-order valence-corrected chi connectivity index (χ3v) is 4.83. The van der Waals surface area contributed by atoms with Gasteiger partial charge < -0.3 is 4.74 Å². The number of benzene rings is 2. The molecule has 0 aromatic heterocycles. The van der Waals surface area contributed by atoms with Gasteiger partial charge in [-0.15, -0.1) is 0 Å². The Bertz CT molecular complexity index is 745. The van der Waals surface area contributed by atoms with Crippen molar-refractivity contribution in [2.45, 2.75) is 13.3 Å². The van der Waals surface area contributed by atoms with Gasteiger partial charge in [0.15, 0.2) is 0 Å². The van der Waals surface area contributed by atoms with E-state index in [1.165, 1.54) is 7.11 Å². The van der Waals surface area contributed by atoms with Crippen LogP contribution in [-0.2, 0) is 16.4 Å². The first-order chi connectivity index (χ1) is 10.4. The molecule has 0 atom stereocenters. The maximum atomic E-state index is 12.2. The van der Waals surface area contributed by atoms with Crippen LogP contribution in [0.3, 0.4) is 0 Å². The molecule has 0 bridgehead atoms. The minimum absolute atomic E-state index is 0.0140. The minimum Gasteiger partial charge on any atom is -0.495 e. The van der Waals surface area contributed by atoms with Crippen molar-refractivity contribution in [2.75, 3.05) is 17.6 Å². The summed E-state index contributed by atoms with van der Waals surface area (Å²) in [6, 6.07) is 12.8. The maximum absolute atomic E-state index is 12.2. The van der Waals surface area contributed by atoms with Crippen molar-refractivity contribution >= 4 is 27.3 Å². The predicted molar refractivity (Wildman–Crippen MR) is 90.3 cm³/mol. The van der Waals surface area contributed by atoms with E-state index >= 15 is 0 Å². The van der Waals surface area contributed by atoms with E-state index in [9.17, 15) is 8.42 Å². The molecule has 118 valence electrons. The van der Waals surface area contributed by atoms with Crippen molar-refractivity contribution < 1.29 is 13.2 Å². The van der Waals surface area contributed by atoms with Crippen LogP contribution < -0.4 is 9.46 Å². The number of halogens is 1. The van der Waals surface area contributed by atoms with Crippen LogP contribution in [0.25, 0.3) is 0 Å². The number of hydrogen-bond donors (Lipinski definition) is 1. The van der Waals surface area contributed by atoms with Crippen LogP contribution in [0, 0.1) is 6.92 Å². The summed E-state index contributed by atoms with van der Waals surface area (Å²) < 4.78 is 32.1. The Kier molecular flexibility index (Phi) is 5.32. The summed E-state index contributed by atoms with van der Waals surface area (Å²) in [5.41, 5.74) is 2.21. The van der Waals surface area contributed by atoms with Gasteiger partial charge in [-0.25, -0.2) is 8.42 Å². The Morgan fingerprint density at radius 3 is 2.50 bits per heavy atom. The van der Waals surface area contributed by atoms with E-state index in [0.29, 0.717) is 22.9 Å². The van der Waals surface area contributed by atoms with Crippen molar-refractivity contribution in [3.8, 4) is 5.75 Å². The number of aryl methyl sites for hydroxylation is 2. The first kappa shape index (κ1) is 16.6. The quantitative estimate of drug-likeness (QED) is 0.874. The van der Waals surface area contributed by atoms with Crippen LogP contribution in [0.15, 0.2) is 42.5 Å². The van der Waals surface area contributed by atoms with Gasteiger partial charge in [-0.05, 0) is 36.6 Å². The lowest BCUT2D eigenvalue weighted by Gasteiger charge is -2.13. The first-order valence-electron chi connectivity index (χ1n) is 6.80. The van der Waals surface area contributed by atoms with Crippen LogP contribution in [0.2, 0.25) is 5.02 Å². The van der Waals surface area contributed by atoms with E-state index in [2.05, 4.69) is 4.72 Å². The van der Waals surface area contributed by atoms with Gasteiger partial charge in [0.1, 0.15) is 5.75 Å². The molecule has 6 heteroatoms. The zero-order valence-electron chi connectivity index (χ0n) is 12.5. The van der Waals surface area contributed by atoms with E-state index in [1.807, 2.05) is 30.3 Å². The van der Waals surface area contributed by atoms with E-state index in [-0.39, 0.29) is 5.75 Å². The highest BCUT2D eigenvalue weighted by Crippen LogP contribution is 2.31. The molecule has 0 aliphatic carbocycles. The van der Waals surface area contributed by atoms with Crippen LogP contribution in [-0.4, -0.2) is 21.3 Å². The summed E-state index contributed by atoms with van der Waals surface area (Å²) in [4.78, 5) is 0. The average molecular weight is 340 g/mol. The Morgan fingerprint density at radius 2 is 1.86 bits per heavy atom. The van der Waals surface area contributed by atoms with Crippen molar-refractivity contribution in [3.05, 3.63) is 58.6 Å². The third kappa shape index (κ3) is 4.39. The number of sulfonamides is 1. The van der Waals surface area contributed by atoms with Gasteiger partial charge in [0.2, 0.25) is 10.0 Å². The Hall–Kier alpha value is -1.72. The van der Waals surface area contributed by atoms with Gasteiger partial charge >= 0.3 is 0 Å². The van der Waals surface area contributed by atoms with E-state index in [0.717, 1.165) is 11.1 Å². The number of rotatable bonds is 6. The van der Waals surface area contributed by atoms with Crippen LogP contribution in [0.4, 0.5) is 5.69 Å². The Morgan fingerprint density at radius 1 is 1.18 bits per heavy atom. The molecule has 2 aromatic rings. The number of anilines is 1. The highest BCUT2D eigenvalue weighted by atomic mass is 35.5. The molecule has 22 heavy (non-hydrogen) atoms. The average Bonchev–Trinajstić information content (AvgIpc) is 2.49. The van der Waals surface area contributed by atoms with Gasteiger partial charge in [-0.2, -0.15) is 0 Å². The fraction of sp³-hybridized carbons (Fsp3) is 0.250. The second-order valence-corrected chi connectivity index (χ2v) is 7.21. The molecule has 2 rings (SSSR count). The molecule has 0 radical (unpaired) electrons. The lowest BCUT2D eigenvalue weighted by molar-refractivity contribution is 0.415. The highest BCUT2D eigenvalue weighted by Gasteiger charge is 2.14. The van der Waals surface area contributed by atoms with Gasteiger partial charge in [0, 0.05) is 0 Å². The monoisotopic (exact) mass is 339 g/mol. The molecule has 0 unspecified atom stereocenters. The van der Waals surface area contributed by atoms with Crippen molar-refractivity contribution in [1.29, 1.82) is 0 Å². The zero-order chi connectivity index (χ0) is 16.2. The molecule has 0 heterocycles. The van der Waals surface area contributed by atoms with Gasteiger partial charge in [-0.3, -0.25) is 4.72 Å².